The average molecular weight is 217 g/mol. The molecule has 1 atom stereocenters. The van der Waals surface area contributed by atoms with Crippen molar-refractivity contribution in [2.75, 3.05) is 0 Å². The number of hydrogen-bond donors (Lipinski definition) is 2. The SMILES string of the molecule is C=[C]([K])C(=O)NC(C)S(=O)(=O)O. The second-order valence-electron chi connectivity index (χ2n) is 2.41. The first-order chi connectivity index (χ1) is 5.25. The van der Waals surface area contributed by atoms with Crippen LogP contribution in [0.2, 0.25) is 0 Å². The van der Waals surface area contributed by atoms with E-state index < -0.39 is 21.4 Å². The summed E-state index contributed by atoms with van der Waals surface area (Å²) in [6.45, 7) is 4.57. The van der Waals surface area contributed by atoms with Gasteiger partial charge in [-0.2, -0.15) is 0 Å². The van der Waals surface area contributed by atoms with Crippen LogP contribution >= 0.6 is 0 Å². The van der Waals surface area contributed by atoms with E-state index in [4.69, 9.17) is 4.55 Å². The van der Waals surface area contributed by atoms with E-state index in [0.29, 0.717) is -0.332 Å². The van der Waals surface area contributed by atoms with Gasteiger partial charge in [0, 0.05) is 0 Å². The van der Waals surface area contributed by atoms with Crippen molar-refractivity contribution in [2.24, 2.45) is 0 Å². The molecule has 0 spiro atoms. The molecule has 0 aromatic carbocycles. The van der Waals surface area contributed by atoms with E-state index in [0.717, 1.165) is 0 Å². The van der Waals surface area contributed by atoms with Gasteiger partial charge in [-0.1, -0.05) is 0 Å². The third kappa shape index (κ3) is 4.70. The molecule has 0 heterocycles. The molecule has 2 N–H and O–H groups in total. The molecule has 0 aliphatic carbocycles. The molecule has 0 fully saturated rings. The van der Waals surface area contributed by atoms with Crippen molar-refractivity contribution in [1.29, 1.82) is 0 Å². The van der Waals surface area contributed by atoms with Crippen molar-refractivity contribution in [3.05, 3.63) is 6.25 Å². The van der Waals surface area contributed by atoms with Crippen molar-refractivity contribution in [3.8, 4) is 0 Å². The molecular formula is C5H8KNO4S. The summed E-state index contributed by atoms with van der Waals surface area (Å²) < 4.78 is 29.7. The molecule has 0 aromatic heterocycles. The van der Waals surface area contributed by atoms with Crippen LogP contribution in [0.1, 0.15) is 6.92 Å². The number of carbonyl (C=O) groups is 1. The van der Waals surface area contributed by atoms with Crippen LogP contribution in [0.15, 0.2) is 6.25 Å². The van der Waals surface area contributed by atoms with Gasteiger partial charge in [0.1, 0.15) is 0 Å². The van der Waals surface area contributed by atoms with E-state index in [9.17, 15) is 13.2 Å². The van der Waals surface area contributed by atoms with Crippen LogP contribution in [0.5, 0.6) is 0 Å². The number of carbonyl (C=O) groups excluding carboxylic acids is 1. The Morgan fingerprint density at radius 3 is 2.33 bits per heavy atom. The molecule has 0 radical (unpaired) electrons. The summed E-state index contributed by atoms with van der Waals surface area (Å²) in [6, 6.07) is 0. The van der Waals surface area contributed by atoms with Crippen molar-refractivity contribution in [2.45, 2.75) is 12.3 Å². The first kappa shape index (κ1) is 12.8. The van der Waals surface area contributed by atoms with E-state index >= 15 is 0 Å². The summed E-state index contributed by atoms with van der Waals surface area (Å²) in [5, 5.41) is 0.816. The van der Waals surface area contributed by atoms with Crippen LogP contribution in [-0.4, -0.2) is 73.2 Å². The first-order valence-corrected chi connectivity index (χ1v) is 6.24. The predicted octanol–water partition coefficient (Wildman–Crippen LogP) is -0.981. The summed E-state index contributed by atoms with van der Waals surface area (Å²) in [5.41, 5.74) is 0. The van der Waals surface area contributed by atoms with Crippen molar-refractivity contribution < 1.29 is 17.8 Å². The average Bonchev–Trinajstić information content (AvgIpc) is 1.85. The van der Waals surface area contributed by atoms with Crippen LogP contribution in [0.4, 0.5) is 0 Å². The summed E-state index contributed by atoms with van der Waals surface area (Å²) in [7, 11) is -4.18. The Hall–Kier alpha value is 0.756. The number of amides is 1. The molecule has 0 saturated carbocycles. The molecule has 0 aliphatic heterocycles. The molecule has 7 heteroatoms. The van der Waals surface area contributed by atoms with E-state index in [1.807, 2.05) is 0 Å². The molecular weight excluding hydrogens is 209 g/mol. The minimum atomic E-state index is -4.18. The molecule has 0 aliphatic rings. The standard InChI is InChI=1S/C5H8NO4S.K/c1-3-5(7)6-4(2)11(8,9)10;/h4H,1H2,2H3,(H,6,7)(H,8,9,10);. The van der Waals surface area contributed by atoms with Gasteiger partial charge < -0.3 is 0 Å². The molecule has 1 amide bonds. The van der Waals surface area contributed by atoms with Crippen molar-refractivity contribution in [3.63, 3.8) is 0 Å². The van der Waals surface area contributed by atoms with Gasteiger partial charge in [0.15, 0.2) is 0 Å². The van der Waals surface area contributed by atoms with Gasteiger partial charge in [0.2, 0.25) is 0 Å². The Kier molecular flexibility index (Phi) is 5.15. The van der Waals surface area contributed by atoms with Crippen LogP contribution in [0.25, 0.3) is 0 Å². The van der Waals surface area contributed by atoms with E-state index in [-0.39, 0.29) is 49.0 Å². The molecule has 0 rings (SSSR count). The fourth-order valence-corrected chi connectivity index (χ4v) is 0.864. The van der Waals surface area contributed by atoms with E-state index in [1.165, 1.54) is 6.92 Å². The fraction of sp³-hybridized carbons (Fsp3) is 0.400. The molecule has 12 heavy (non-hydrogen) atoms. The summed E-state index contributed by atoms with van der Waals surface area (Å²) in [6.07, 6.45) is 0. The second-order valence-corrected chi connectivity index (χ2v) is 6.03. The Balaban J connectivity index is 4.31. The summed E-state index contributed by atoms with van der Waals surface area (Å²) >= 11 is 0.121. The van der Waals surface area contributed by atoms with Gasteiger partial charge in [-0.3, -0.25) is 0 Å². The minimum absolute atomic E-state index is 0.121. The topological polar surface area (TPSA) is 83.5 Å². The quantitative estimate of drug-likeness (QED) is 0.361. The predicted molar refractivity (Wildman–Crippen MR) is 44.0 cm³/mol. The van der Waals surface area contributed by atoms with Crippen LogP contribution in [0.3, 0.4) is 0 Å². The van der Waals surface area contributed by atoms with Crippen molar-refractivity contribution >= 4 is 65.0 Å². The third-order valence-electron chi connectivity index (χ3n) is 1.17. The number of nitrogens with one attached hydrogen (secondary N) is 1. The summed E-state index contributed by atoms with van der Waals surface area (Å²) in [4.78, 5) is 10.9. The Bertz CT molecular complexity index is 297. The van der Waals surface area contributed by atoms with Crippen LogP contribution in [0, 0.1) is 0 Å². The zero-order valence-electron chi connectivity index (χ0n) is 6.86. The Morgan fingerprint density at radius 1 is 1.67 bits per heavy atom. The summed E-state index contributed by atoms with van der Waals surface area (Å²) in [5.74, 6) is -0.514. The molecule has 0 aromatic rings. The molecule has 0 bridgehead atoms. The van der Waals surface area contributed by atoms with Gasteiger partial charge in [-0.05, 0) is 0 Å². The van der Waals surface area contributed by atoms with Crippen molar-refractivity contribution in [1.82, 2.24) is 5.32 Å². The van der Waals surface area contributed by atoms with Gasteiger partial charge in [-0.15, -0.1) is 0 Å². The maximum absolute atomic E-state index is 10.9. The van der Waals surface area contributed by atoms with Crippen LogP contribution in [-0.2, 0) is 14.9 Å². The second kappa shape index (κ2) is 4.84. The van der Waals surface area contributed by atoms with Crippen LogP contribution < -0.4 is 5.32 Å². The fourth-order valence-electron chi connectivity index (χ4n) is 0.382. The van der Waals surface area contributed by atoms with Gasteiger partial charge in [0.05, 0.1) is 0 Å². The van der Waals surface area contributed by atoms with Gasteiger partial charge in [-0.25, -0.2) is 0 Å². The molecule has 5 nitrogen and oxygen atoms in total. The monoisotopic (exact) mass is 217 g/mol. The zero-order valence-corrected chi connectivity index (χ0v) is 10.8. The molecule has 64 valence electrons. The normalized spacial score (nSPS) is 13.7. The number of hydrogen-bond acceptors (Lipinski definition) is 3. The Morgan fingerprint density at radius 2 is 2.08 bits per heavy atom. The number of rotatable bonds is 3. The third-order valence-corrected chi connectivity index (χ3v) is 2.89. The maximum atomic E-state index is 10.9. The first-order valence-electron chi connectivity index (χ1n) is 3.18. The van der Waals surface area contributed by atoms with E-state index in [1.54, 1.807) is 0 Å². The molecule has 0 saturated heterocycles. The zero-order chi connectivity index (χ0) is 9.94. The van der Waals surface area contributed by atoms with Gasteiger partial charge >= 0.3 is 107 Å². The Labute approximate surface area is 105 Å². The van der Waals surface area contributed by atoms with E-state index in [2.05, 4.69) is 11.9 Å². The molecule has 1 unspecified atom stereocenters. The van der Waals surface area contributed by atoms with Gasteiger partial charge in [0.25, 0.3) is 0 Å².